The van der Waals surface area contributed by atoms with Crippen LogP contribution in [0.25, 0.3) is 0 Å². The van der Waals surface area contributed by atoms with Gasteiger partial charge in [0.25, 0.3) is 10.0 Å². The molecule has 1 aromatic rings. The van der Waals surface area contributed by atoms with Crippen molar-refractivity contribution in [3.63, 3.8) is 0 Å². The Morgan fingerprint density at radius 1 is 1.38 bits per heavy atom. The topological polar surface area (TPSA) is 84.7 Å². The van der Waals surface area contributed by atoms with Crippen LogP contribution in [0.1, 0.15) is 13.8 Å². The van der Waals surface area contributed by atoms with E-state index in [1.54, 1.807) is 38.4 Å². The maximum atomic E-state index is 12.5. The van der Waals surface area contributed by atoms with Gasteiger partial charge in [0.15, 0.2) is 0 Å². The Morgan fingerprint density at radius 2 is 2.00 bits per heavy atom. The van der Waals surface area contributed by atoms with E-state index in [1.807, 2.05) is 4.90 Å². The molecule has 0 unspecified atom stereocenters. The first-order valence-corrected chi connectivity index (χ1v) is 9.94. The number of carbonyl (C=O) groups is 1. The van der Waals surface area contributed by atoms with E-state index in [0.717, 1.165) is 0 Å². The van der Waals surface area contributed by atoms with Crippen molar-refractivity contribution >= 4 is 27.3 Å². The van der Waals surface area contributed by atoms with Crippen LogP contribution in [0.4, 0.5) is 0 Å². The minimum atomic E-state index is -3.43. The zero-order chi connectivity index (χ0) is 18.0. The standard InChI is InChI=1S/C15H22N4O3S2/c1-15(2,12-16)17(3)13(20)11-18-6-8-19(9-7-18)24(21,22)14-5-4-10-23-14/h4-5,10H,6-9,11H2,1-3H3. The smallest absolute Gasteiger partial charge is 0.252 e. The Hall–Kier alpha value is -1.47. The Morgan fingerprint density at radius 3 is 2.50 bits per heavy atom. The number of nitriles is 1. The van der Waals surface area contributed by atoms with Crippen molar-refractivity contribution in [2.24, 2.45) is 0 Å². The minimum absolute atomic E-state index is 0.142. The van der Waals surface area contributed by atoms with Gasteiger partial charge in [-0.1, -0.05) is 6.07 Å². The number of likely N-dealkylation sites (N-methyl/N-ethyl adjacent to an activating group) is 1. The van der Waals surface area contributed by atoms with Crippen molar-refractivity contribution in [1.29, 1.82) is 5.26 Å². The second-order valence-corrected chi connectivity index (χ2v) is 9.35. The van der Waals surface area contributed by atoms with Gasteiger partial charge >= 0.3 is 0 Å². The van der Waals surface area contributed by atoms with Gasteiger partial charge in [-0.25, -0.2) is 8.42 Å². The SMILES string of the molecule is CN(C(=O)CN1CCN(S(=O)(=O)c2cccs2)CC1)C(C)(C)C#N. The number of sulfonamides is 1. The molecule has 132 valence electrons. The molecule has 1 saturated heterocycles. The van der Waals surface area contributed by atoms with Crippen LogP contribution in [0, 0.1) is 11.3 Å². The summed E-state index contributed by atoms with van der Waals surface area (Å²) in [6.45, 7) is 5.29. The van der Waals surface area contributed by atoms with Crippen LogP contribution >= 0.6 is 11.3 Å². The van der Waals surface area contributed by atoms with Crippen LogP contribution in [-0.4, -0.2) is 73.7 Å². The van der Waals surface area contributed by atoms with E-state index < -0.39 is 15.6 Å². The summed E-state index contributed by atoms with van der Waals surface area (Å²) in [5, 5.41) is 10.8. The van der Waals surface area contributed by atoms with Gasteiger partial charge in [0.05, 0.1) is 12.6 Å². The van der Waals surface area contributed by atoms with E-state index in [2.05, 4.69) is 6.07 Å². The molecule has 0 N–H and O–H groups in total. The molecule has 2 heterocycles. The molecule has 0 atom stereocenters. The first-order valence-electron chi connectivity index (χ1n) is 7.62. The minimum Gasteiger partial charge on any atom is -0.326 e. The van der Waals surface area contributed by atoms with Crippen molar-refractivity contribution in [2.75, 3.05) is 39.8 Å². The highest BCUT2D eigenvalue weighted by atomic mass is 32.2. The van der Waals surface area contributed by atoms with Crippen molar-refractivity contribution < 1.29 is 13.2 Å². The summed E-state index contributed by atoms with van der Waals surface area (Å²) in [6.07, 6.45) is 0. The second-order valence-electron chi connectivity index (χ2n) is 6.24. The fourth-order valence-electron chi connectivity index (χ4n) is 2.35. The van der Waals surface area contributed by atoms with Crippen LogP contribution in [0.5, 0.6) is 0 Å². The summed E-state index contributed by atoms with van der Waals surface area (Å²) in [4.78, 5) is 15.6. The lowest BCUT2D eigenvalue weighted by atomic mass is 10.1. The normalized spacial score (nSPS) is 17.4. The number of hydrogen-bond acceptors (Lipinski definition) is 6. The third-order valence-corrected chi connectivity index (χ3v) is 7.54. The molecule has 1 aromatic heterocycles. The second kappa shape index (κ2) is 7.19. The van der Waals surface area contributed by atoms with Gasteiger partial charge in [-0.3, -0.25) is 9.69 Å². The molecular formula is C15H22N4O3S2. The Kier molecular flexibility index (Phi) is 5.65. The molecule has 0 aliphatic carbocycles. The lowest BCUT2D eigenvalue weighted by Gasteiger charge is -2.35. The van der Waals surface area contributed by atoms with E-state index >= 15 is 0 Å². The molecule has 0 bridgehead atoms. The largest absolute Gasteiger partial charge is 0.326 e. The van der Waals surface area contributed by atoms with Gasteiger partial charge in [0.2, 0.25) is 5.91 Å². The Bertz CT molecular complexity index is 714. The molecule has 2 rings (SSSR count). The number of amides is 1. The Balaban J connectivity index is 1.92. The molecule has 1 amide bonds. The van der Waals surface area contributed by atoms with Crippen molar-refractivity contribution in [2.45, 2.75) is 23.6 Å². The predicted octanol–water partition coefficient (Wildman–Crippen LogP) is 0.815. The van der Waals surface area contributed by atoms with Crippen LogP contribution < -0.4 is 0 Å². The average Bonchev–Trinajstić information content (AvgIpc) is 3.09. The van der Waals surface area contributed by atoms with Gasteiger partial charge in [-0.15, -0.1) is 11.3 Å². The van der Waals surface area contributed by atoms with Gasteiger partial charge in [0.1, 0.15) is 9.75 Å². The lowest BCUT2D eigenvalue weighted by molar-refractivity contribution is -0.134. The predicted molar refractivity (Wildman–Crippen MR) is 92.0 cm³/mol. The van der Waals surface area contributed by atoms with Gasteiger partial charge in [0, 0.05) is 33.2 Å². The van der Waals surface area contributed by atoms with Crippen molar-refractivity contribution in [3.8, 4) is 6.07 Å². The summed E-state index contributed by atoms with van der Waals surface area (Å²) in [6, 6.07) is 5.43. The van der Waals surface area contributed by atoms with Gasteiger partial charge in [-0.2, -0.15) is 9.57 Å². The summed E-state index contributed by atoms with van der Waals surface area (Å²) in [5.74, 6) is -0.142. The molecular weight excluding hydrogens is 348 g/mol. The number of hydrogen-bond donors (Lipinski definition) is 0. The van der Waals surface area contributed by atoms with E-state index in [4.69, 9.17) is 5.26 Å². The van der Waals surface area contributed by atoms with Crippen LogP contribution in [-0.2, 0) is 14.8 Å². The lowest BCUT2D eigenvalue weighted by Crippen LogP contribution is -2.53. The number of piperazine rings is 1. The third kappa shape index (κ3) is 3.95. The number of rotatable bonds is 5. The zero-order valence-electron chi connectivity index (χ0n) is 14.1. The molecule has 9 heteroatoms. The fraction of sp³-hybridized carbons (Fsp3) is 0.600. The summed E-state index contributed by atoms with van der Waals surface area (Å²) < 4.78 is 26.7. The molecule has 1 fully saturated rings. The summed E-state index contributed by atoms with van der Waals surface area (Å²) in [5.41, 5.74) is -0.860. The molecule has 1 aliphatic heterocycles. The molecule has 7 nitrogen and oxygen atoms in total. The Labute approximate surface area is 147 Å². The molecule has 0 aromatic carbocycles. The maximum Gasteiger partial charge on any atom is 0.252 e. The maximum absolute atomic E-state index is 12.5. The highest BCUT2D eigenvalue weighted by Crippen LogP contribution is 2.22. The zero-order valence-corrected chi connectivity index (χ0v) is 15.7. The van der Waals surface area contributed by atoms with Crippen LogP contribution in [0.2, 0.25) is 0 Å². The molecule has 24 heavy (non-hydrogen) atoms. The van der Waals surface area contributed by atoms with E-state index in [-0.39, 0.29) is 12.5 Å². The molecule has 0 spiro atoms. The number of nitrogens with zero attached hydrogens (tertiary/aromatic N) is 4. The number of thiophene rings is 1. The highest BCUT2D eigenvalue weighted by Gasteiger charge is 2.32. The first-order chi connectivity index (χ1) is 11.2. The molecule has 0 saturated carbocycles. The van der Waals surface area contributed by atoms with E-state index in [1.165, 1.54) is 20.5 Å². The monoisotopic (exact) mass is 370 g/mol. The third-order valence-electron chi connectivity index (χ3n) is 4.27. The van der Waals surface area contributed by atoms with Crippen LogP contribution in [0.15, 0.2) is 21.7 Å². The fourth-order valence-corrected chi connectivity index (χ4v) is 4.92. The van der Waals surface area contributed by atoms with Gasteiger partial charge < -0.3 is 4.90 Å². The summed E-state index contributed by atoms with van der Waals surface area (Å²) >= 11 is 1.21. The number of carbonyl (C=O) groups excluding carboxylic acids is 1. The molecule has 1 aliphatic rings. The quantitative estimate of drug-likeness (QED) is 0.766. The van der Waals surface area contributed by atoms with Crippen molar-refractivity contribution in [3.05, 3.63) is 17.5 Å². The van der Waals surface area contributed by atoms with E-state index in [9.17, 15) is 13.2 Å². The van der Waals surface area contributed by atoms with E-state index in [0.29, 0.717) is 30.4 Å². The highest BCUT2D eigenvalue weighted by molar-refractivity contribution is 7.91. The first kappa shape index (κ1) is 18.9. The van der Waals surface area contributed by atoms with Crippen LogP contribution in [0.3, 0.4) is 0 Å². The van der Waals surface area contributed by atoms with Gasteiger partial charge in [-0.05, 0) is 25.3 Å². The molecule has 0 radical (unpaired) electrons. The van der Waals surface area contributed by atoms with Crippen molar-refractivity contribution in [1.82, 2.24) is 14.1 Å². The summed E-state index contributed by atoms with van der Waals surface area (Å²) in [7, 11) is -1.81. The average molecular weight is 371 g/mol.